The largest absolute Gasteiger partial charge is 0.206 e. The fourth-order valence-corrected chi connectivity index (χ4v) is 1.48. The first-order chi connectivity index (χ1) is 6.57. The zero-order chi connectivity index (χ0) is 10.7. The van der Waals surface area contributed by atoms with Crippen molar-refractivity contribution >= 4 is 28.2 Å². The van der Waals surface area contributed by atoms with Crippen molar-refractivity contribution in [3.63, 3.8) is 0 Å². The van der Waals surface area contributed by atoms with Crippen LogP contribution in [-0.4, -0.2) is 0 Å². The van der Waals surface area contributed by atoms with Gasteiger partial charge in [0.1, 0.15) is 5.82 Å². The van der Waals surface area contributed by atoms with Gasteiger partial charge in [0, 0.05) is 11.1 Å². The Morgan fingerprint density at radius 2 is 2.14 bits per heavy atom. The van der Waals surface area contributed by atoms with E-state index in [1.165, 1.54) is 25.1 Å². The fraction of sp³-hybridized carbons (Fsp3) is 0.100. The summed E-state index contributed by atoms with van der Waals surface area (Å²) in [6.07, 6.45) is 0. The van der Waals surface area contributed by atoms with Gasteiger partial charge in [0.25, 0.3) is 0 Å². The van der Waals surface area contributed by atoms with Gasteiger partial charge in [-0.15, -0.1) is 0 Å². The van der Waals surface area contributed by atoms with Crippen molar-refractivity contribution in [2.75, 3.05) is 0 Å². The molecule has 0 N–H and O–H groups in total. The third-order valence-electron chi connectivity index (χ3n) is 1.68. The molecule has 0 spiro atoms. The van der Waals surface area contributed by atoms with Crippen molar-refractivity contribution in [2.45, 2.75) is 6.92 Å². The Kier molecular flexibility index (Phi) is 3.51. The van der Waals surface area contributed by atoms with Crippen LogP contribution in [0.5, 0.6) is 0 Å². The zero-order valence-electron chi connectivity index (χ0n) is 7.31. The minimum atomic E-state index is -0.530. The van der Waals surface area contributed by atoms with Crippen LogP contribution in [0.2, 0.25) is 5.02 Å². The molecule has 0 unspecified atom stereocenters. The van der Waals surface area contributed by atoms with E-state index in [-0.39, 0.29) is 21.2 Å². The molecule has 0 atom stereocenters. The molecule has 0 aliphatic rings. The van der Waals surface area contributed by atoms with Gasteiger partial charge in [-0.05, 0) is 19.1 Å². The van der Waals surface area contributed by atoms with E-state index < -0.39 is 5.82 Å². The highest BCUT2D eigenvalue weighted by Gasteiger charge is 2.12. The third-order valence-corrected chi connectivity index (χ3v) is 2.47. The molecule has 0 fully saturated rings. The maximum Gasteiger partial charge on any atom is 0.133 e. The molecule has 0 bridgehead atoms. The summed E-state index contributed by atoms with van der Waals surface area (Å²) in [7, 11) is 0. The van der Waals surface area contributed by atoms with E-state index in [1.54, 1.807) is 0 Å². The highest BCUT2D eigenvalue weighted by atomic mass is 35.5. The summed E-state index contributed by atoms with van der Waals surface area (Å²) < 4.78 is 13.3. The Bertz CT molecular complexity index is 412. The van der Waals surface area contributed by atoms with Crippen LogP contribution in [0.4, 0.5) is 4.39 Å². The molecule has 0 aliphatic heterocycles. The van der Waals surface area contributed by atoms with E-state index >= 15 is 0 Å². The quantitative estimate of drug-likeness (QED) is 0.669. The molecule has 0 amide bonds. The first kappa shape index (κ1) is 11.0. The lowest BCUT2D eigenvalue weighted by molar-refractivity contribution is 0.624. The van der Waals surface area contributed by atoms with Crippen molar-refractivity contribution in [1.82, 2.24) is 0 Å². The molecule has 0 aliphatic carbocycles. The van der Waals surface area contributed by atoms with Gasteiger partial charge < -0.3 is 0 Å². The van der Waals surface area contributed by atoms with Gasteiger partial charge in [-0.1, -0.05) is 29.3 Å². The average Bonchev–Trinajstić information content (AvgIpc) is 2.16. The molecule has 0 aromatic heterocycles. The summed E-state index contributed by atoms with van der Waals surface area (Å²) in [6, 6.07) is 6.08. The number of allylic oxidation sites excluding steroid dienone is 1. The van der Waals surface area contributed by atoms with Crippen LogP contribution in [0.1, 0.15) is 12.5 Å². The van der Waals surface area contributed by atoms with Gasteiger partial charge in [0.2, 0.25) is 0 Å². The Hall–Kier alpha value is -1.04. The summed E-state index contributed by atoms with van der Waals surface area (Å²) in [6.45, 7) is 1.51. The van der Waals surface area contributed by atoms with Crippen molar-refractivity contribution in [3.05, 3.63) is 40.2 Å². The molecule has 1 rings (SSSR count). The number of nitriles is 1. The van der Waals surface area contributed by atoms with Crippen LogP contribution in [-0.2, 0) is 0 Å². The highest BCUT2D eigenvalue weighted by Crippen LogP contribution is 2.31. The van der Waals surface area contributed by atoms with Gasteiger partial charge in [0.15, 0.2) is 0 Å². The first-order valence-electron chi connectivity index (χ1n) is 3.78. The van der Waals surface area contributed by atoms with Crippen LogP contribution in [0, 0.1) is 17.1 Å². The molecule has 4 heteroatoms. The van der Waals surface area contributed by atoms with E-state index in [2.05, 4.69) is 0 Å². The number of halogens is 3. The molecule has 1 aromatic rings. The van der Waals surface area contributed by atoms with Gasteiger partial charge in [-0.25, -0.2) is 4.39 Å². The summed E-state index contributed by atoms with van der Waals surface area (Å²) in [5.41, 5.74) is 0.313. The van der Waals surface area contributed by atoms with Crippen molar-refractivity contribution in [1.29, 1.82) is 5.26 Å². The first-order valence-corrected chi connectivity index (χ1v) is 4.54. The van der Waals surface area contributed by atoms with E-state index in [0.29, 0.717) is 0 Å². The average molecular weight is 230 g/mol. The summed E-state index contributed by atoms with van der Waals surface area (Å²) in [5.74, 6) is -0.530. The normalized spacial score (nSPS) is 11.9. The van der Waals surface area contributed by atoms with Crippen molar-refractivity contribution in [3.8, 4) is 6.07 Å². The highest BCUT2D eigenvalue weighted by molar-refractivity contribution is 6.51. The number of nitrogens with zero attached hydrogens (tertiary/aromatic N) is 1. The molecule has 0 heterocycles. The topological polar surface area (TPSA) is 23.8 Å². The number of rotatable bonds is 1. The van der Waals surface area contributed by atoms with E-state index in [1.807, 2.05) is 6.07 Å². The number of benzene rings is 1. The second-order valence-corrected chi connectivity index (χ2v) is 3.43. The van der Waals surface area contributed by atoms with Crippen LogP contribution >= 0.6 is 23.2 Å². The van der Waals surface area contributed by atoms with Crippen molar-refractivity contribution in [2.24, 2.45) is 0 Å². The molecule has 72 valence electrons. The van der Waals surface area contributed by atoms with Gasteiger partial charge in [0.05, 0.1) is 16.1 Å². The molecule has 0 saturated heterocycles. The maximum absolute atomic E-state index is 13.3. The summed E-state index contributed by atoms with van der Waals surface area (Å²) >= 11 is 11.6. The van der Waals surface area contributed by atoms with Crippen LogP contribution in [0.25, 0.3) is 5.03 Å². The lowest BCUT2D eigenvalue weighted by atomic mass is 10.1. The van der Waals surface area contributed by atoms with Crippen molar-refractivity contribution < 1.29 is 4.39 Å². The zero-order valence-corrected chi connectivity index (χ0v) is 8.83. The molecule has 0 radical (unpaired) electrons. The fourth-order valence-electron chi connectivity index (χ4n) is 0.944. The molecular formula is C10H6Cl2FN. The molecule has 1 nitrogen and oxygen atoms in total. The summed E-state index contributed by atoms with van der Waals surface area (Å²) in [5, 5.41) is 8.84. The van der Waals surface area contributed by atoms with E-state index in [4.69, 9.17) is 28.5 Å². The SMILES string of the molecule is C/C(C#N)=C(/Cl)c1c(F)cccc1Cl. The smallest absolute Gasteiger partial charge is 0.133 e. The Morgan fingerprint density at radius 3 is 2.64 bits per heavy atom. The number of hydrogen-bond acceptors (Lipinski definition) is 1. The standard InChI is InChI=1S/C10H6Cl2FN/c1-6(5-14)10(12)9-7(11)3-2-4-8(9)13/h2-4H,1H3/b10-6-. The Balaban J connectivity index is 3.42. The van der Waals surface area contributed by atoms with Gasteiger partial charge in [-0.3, -0.25) is 0 Å². The minimum Gasteiger partial charge on any atom is -0.206 e. The molecule has 0 saturated carbocycles. The van der Waals surface area contributed by atoms with Crippen LogP contribution < -0.4 is 0 Å². The molecule has 1 aromatic carbocycles. The van der Waals surface area contributed by atoms with E-state index in [9.17, 15) is 4.39 Å². The number of hydrogen-bond donors (Lipinski definition) is 0. The van der Waals surface area contributed by atoms with Gasteiger partial charge >= 0.3 is 0 Å². The third kappa shape index (κ3) is 2.06. The predicted octanol–water partition coefficient (Wildman–Crippen LogP) is 3.97. The second-order valence-electron chi connectivity index (χ2n) is 2.65. The Morgan fingerprint density at radius 1 is 1.50 bits per heavy atom. The Labute approximate surface area is 91.4 Å². The second kappa shape index (κ2) is 4.45. The molecular weight excluding hydrogens is 224 g/mol. The maximum atomic E-state index is 13.3. The minimum absolute atomic E-state index is 0.0515. The van der Waals surface area contributed by atoms with Crippen LogP contribution in [0.3, 0.4) is 0 Å². The van der Waals surface area contributed by atoms with E-state index in [0.717, 1.165) is 0 Å². The predicted molar refractivity (Wildman–Crippen MR) is 55.5 cm³/mol. The lowest BCUT2D eigenvalue weighted by Gasteiger charge is -2.04. The monoisotopic (exact) mass is 229 g/mol. The molecule has 14 heavy (non-hydrogen) atoms. The van der Waals surface area contributed by atoms with Gasteiger partial charge in [-0.2, -0.15) is 5.26 Å². The lowest BCUT2D eigenvalue weighted by Crippen LogP contribution is -1.88. The summed E-state index contributed by atoms with van der Waals surface area (Å²) in [4.78, 5) is 0. The van der Waals surface area contributed by atoms with Crippen LogP contribution in [0.15, 0.2) is 23.8 Å².